The number of hydrogen-bond donors (Lipinski definition) is 3. The molecule has 0 fully saturated rings. The van der Waals surface area contributed by atoms with Crippen LogP contribution in [-0.2, 0) is 22.5 Å². The largest absolute Gasteiger partial charge is 0.329 e. The van der Waals surface area contributed by atoms with Crippen molar-refractivity contribution in [1.82, 2.24) is 19.5 Å². The summed E-state index contributed by atoms with van der Waals surface area (Å²) in [5, 5.41) is 12.0. The maximum Gasteiger partial charge on any atom is 0.229 e. The second kappa shape index (κ2) is 10.1. The molecule has 0 aliphatic rings. The quantitative estimate of drug-likeness (QED) is 0.246. The van der Waals surface area contributed by atoms with E-state index in [1.54, 1.807) is 18.3 Å². The van der Waals surface area contributed by atoms with E-state index in [9.17, 15) is 8.60 Å². The fraction of sp³-hybridized carbons (Fsp3) is 0.111. The fourth-order valence-electron chi connectivity index (χ4n) is 3.99. The Hall–Kier alpha value is -4.48. The third kappa shape index (κ3) is 5.74. The van der Waals surface area contributed by atoms with E-state index < -0.39 is 9.71 Å². The molecular formula is C27H27FN8OS. The first-order chi connectivity index (χ1) is 18.1. The van der Waals surface area contributed by atoms with Gasteiger partial charge in [-0.25, -0.2) is 14.4 Å². The van der Waals surface area contributed by atoms with Gasteiger partial charge in [0, 0.05) is 47.1 Å². The zero-order chi connectivity index (χ0) is 26.9. The molecule has 0 aliphatic carbocycles. The van der Waals surface area contributed by atoms with E-state index in [1.807, 2.05) is 72.1 Å². The van der Waals surface area contributed by atoms with Crippen LogP contribution in [0, 0.1) is 5.82 Å². The van der Waals surface area contributed by atoms with Gasteiger partial charge < -0.3 is 20.1 Å². The van der Waals surface area contributed by atoms with Crippen molar-refractivity contribution in [3.63, 3.8) is 0 Å². The number of halogens is 1. The fourth-order valence-corrected chi connectivity index (χ4v) is 4.75. The first kappa shape index (κ1) is 25.2. The normalized spacial score (nSPS) is 12.7. The van der Waals surface area contributed by atoms with Crippen LogP contribution in [-0.4, -0.2) is 36.6 Å². The van der Waals surface area contributed by atoms with E-state index >= 15 is 0 Å². The lowest BCUT2D eigenvalue weighted by atomic mass is 10.2. The molecule has 3 aromatic carbocycles. The number of imidazole rings is 1. The number of hydrogen-bond acceptors (Lipinski definition) is 7. The van der Waals surface area contributed by atoms with E-state index in [4.69, 9.17) is 10.1 Å². The van der Waals surface area contributed by atoms with Gasteiger partial charge in [-0.3, -0.25) is 9.35 Å². The van der Waals surface area contributed by atoms with Gasteiger partial charge in [0.1, 0.15) is 11.6 Å². The van der Waals surface area contributed by atoms with Crippen LogP contribution in [0.25, 0.3) is 11.0 Å². The Labute approximate surface area is 220 Å². The van der Waals surface area contributed by atoms with Crippen LogP contribution in [0.15, 0.2) is 79.0 Å². The van der Waals surface area contributed by atoms with E-state index in [-0.39, 0.29) is 11.6 Å². The maximum atomic E-state index is 13.2. The number of benzene rings is 3. The molecular weight excluding hydrogens is 503 g/mol. The van der Waals surface area contributed by atoms with Gasteiger partial charge in [0.05, 0.1) is 16.8 Å². The molecule has 0 aliphatic heterocycles. The summed E-state index contributed by atoms with van der Waals surface area (Å²) in [7, 11) is 1.25. The van der Waals surface area contributed by atoms with Crippen molar-refractivity contribution in [2.24, 2.45) is 12.2 Å². The first-order valence-corrected chi connectivity index (χ1v) is 13.6. The summed E-state index contributed by atoms with van der Waals surface area (Å²) in [4.78, 5) is 15.7. The first-order valence-electron chi connectivity index (χ1n) is 11.7. The number of fused-ring (bicyclic) bond motifs is 1. The van der Waals surface area contributed by atoms with Crippen molar-refractivity contribution < 1.29 is 8.60 Å². The van der Waals surface area contributed by atoms with Crippen LogP contribution in [0.4, 0.5) is 39.2 Å². The van der Waals surface area contributed by atoms with Crippen LogP contribution >= 0.6 is 0 Å². The molecule has 1 atom stereocenters. The predicted molar refractivity (Wildman–Crippen MR) is 153 cm³/mol. The van der Waals surface area contributed by atoms with Crippen molar-refractivity contribution in [3.05, 3.63) is 90.4 Å². The minimum atomic E-state index is -2.59. The van der Waals surface area contributed by atoms with Crippen LogP contribution in [0.3, 0.4) is 0 Å². The van der Waals surface area contributed by atoms with Gasteiger partial charge in [-0.05, 0) is 72.1 Å². The maximum absolute atomic E-state index is 13.2. The minimum absolute atomic E-state index is 0.217. The molecule has 0 amide bonds. The zero-order valence-corrected chi connectivity index (χ0v) is 21.7. The van der Waals surface area contributed by atoms with Crippen molar-refractivity contribution in [2.75, 3.05) is 22.6 Å². The molecule has 0 radical (unpaired) electrons. The number of aryl methyl sites for hydroxylation is 1. The number of anilines is 6. The van der Waals surface area contributed by atoms with E-state index in [0.717, 1.165) is 33.7 Å². The van der Waals surface area contributed by atoms with Gasteiger partial charge in [0.25, 0.3) is 0 Å². The number of rotatable bonds is 8. The molecule has 1 unspecified atom stereocenters. The highest BCUT2D eigenvalue weighted by atomic mass is 32.2. The van der Waals surface area contributed by atoms with E-state index in [0.29, 0.717) is 17.7 Å². The number of nitrogens with zero attached hydrogens (tertiary/aromatic N) is 5. The van der Waals surface area contributed by atoms with Crippen molar-refractivity contribution in [3.8, 4) is 0 Å². The van der Waals surface area contributed by atoms with E-state index in [2.05, 4.69) is 26.5 Å². The van der Waals surface area contributed by atoms with Crippen molar-refractivity contribution in [2.45, 2.75) is 5.75 Å². The smallest absolute Gasteiger partial charge is 0.229 e. The van der Waals surface area contributed by atoms with Crippen LogP contribution in [0.2, 0.25) is 0 Å². The topological polar surface area (TPSA) is 114 Å². The van der Waals surface area contributed by atoms with Gasteiger partial charge in [-0.15, -0.1) is 0 Å². The zero-order valence-electron chi connectivity index (χ0n) is 20.9. The second-order valence-electron chi connectivity index (χ2n) is 8.93. The molecule has 38 heavy (non-hydrogen) atoms. The third-order valence-electron chi connectivity index (χ3n) is 5.96. The Balaban J connectivity index is 1.34. The molecule has 0 saturated heterocycles. The molecule has 0 saturated carbocycles. The lowest BCUT2D eigenvalue weighted by Crippen LogP contribution is -2.14. The number of nitrogens with two attached hydrogens (primary N) is 1. The third-order valence-corrected chi connectivity index (χ3v) is 6.78. The summed E-state index contributed by atoms with van der Waals surface area (Å²) in [6.45, 7) is 0. The lowest BCUT2D eigenvalue weighted by Gasteiger charge is -2.19. The standard InChI is InChI=1S/C27H27FN8OS/c1-35(25-14-15-30-26(34-25)31-20-8-4-18(5-9-20)17-38(3,29)37)22-12-13-24-23(16-22)33-27(36(24)2)32-21-10-6-19(28)7-11-21/h4-16H,3,17H2,1-2H3,(H2,29,37)(H,32,33)(H,30,31,34). The summed E-state index contributed by atoms with van der Waals surface area (Å²) in [6.07, 6.45) is 1.69. The van der Waals surface area contributed by atoms with Crippen molar-refractivity contribution in [1.29, 1.82) is 0 Å². The molecule has 4 N–H and O–H groups in total. The molecule has 2 heterocycles. The molecule has 5 rings (SSSR count). The van der Waals surface area contributed by atoms with Gasteiger partial charge in [0.2, 0.25) is 11.9 Å². The lowest BCUT2D eigenvalue weighted by molar-refractivity contribution is 0.628. The van der Waals surface area contributed by atoms with Gasteiger partial charge >= 0.3 is 0 Å². The van der Waals surface area contributed by atoms with Gasteiger partial charge in [-0.2, -0.15) is 4.98 Å². The van der Waals surface area contributed by atoms with Gasteiger partial charge in [0.15, 0.2) is 0 Å². The molecule has 0 bridgehead atoms. The molecule has 11 heteroatoms. The Morgan fingerprint density at radius 3 is 2.39 bits per heavy atom. The van der Waals surface area contributed by atoms with Crippen LogP contribution < -0.4 is 20.7 Å². The van der Waals surface area contributed by atoms with Crippen LogP contribution in [0.5, 0.6) is 0 Å². The average Bonchev–Trinajstić information content (AvgIpc) is 3.19. The molecule has 0 spiro atoms. The summed E-state index contributed by atoms with van der Waals surface area (Å²) in [5.41, 5.74) is 5.03. The van der Waals surface area contributed by atoms with Gasteiger partial charge in [-0.1, -0.05) is 12.1 Å². The molecule has 2 aromatic heterocycles. The predicted octanol–water partition coefficient (Wildman–Crippen LogP) is 4.85. The highest BCUT2D eigenvalue weighted by Gasteiger charge is 2.13. The van der Waals surface area contributed by atoms with Crippen molar-refractivity contribution >= 4 is 61.4 Å². The molecule has 5 aromatic rings. The van der Waals surface area contributed by atoms with Crippen LogP contribution in [0.1, 0.15) is 5.56 Å². The summed E-state index contributed by atoms with van der Waals surface area (Å²) in [5.74, 6) is 5.20. The Morgan fingerprint density at radius 2 is 1.68 bits per heavy atom. The summed E-state index contributed by atoms with van der Waals surface area (Å²) in [6, 6.07) is 21.3. The SMILES string of the molecule is C=S(N)(=O)Cc1ccc(Nc2nccc(N(C)c3ccc4c(c3)nc(Nc3ccc(F)cc3)n4C)n2)cc1. The monoisotopic (exact) mass is 530 g/mol. The second-order valence-corrected chi connectivity index (χ2v) is 11.0. The average molecular weight is 531 g/mol. The Bertz CT molecular complexity index is 1700. The summed E-state index contributed by atoms with van der Waals surface area (Å²) >= 11 is 0. The Kier molecular flexibility index (Phi) is 6.70. The summed E-state index contributed by atoms with van der Waals surface area (Å²) < 4.78 is 26.9. The Morgan fingerprint density at radius 1 is 1.00 bits per heavy atom. The highest BCUT2D eigenvalue weighted by Crippen LogP contribution is 2.29. The van der Waals surface area contributed by atoms with E-state index in [1.165, 1.54) is 12.1 Å². The number of nitrogens with one attached hydrogen (secondary N) is 2. The molecule has 9 nitrogen and oxygen atoms in total. The molecule has 194 valence electrons. The number of aromatic nitrogens is 4. The highest BCUT2D eigenvalue weighted by molar-refractivity contribution is 7.97. The minimum Gasteiger partial charge on any atom is -0.329 e.